The highest BCUT2D eigenvalue weighted by atomic mass is 35.5. The second-order valence-electron chi connectivity index (χ2n) is 5.59. The first-order valence-corrected chi connectivity index (χ1v) is 7.97. The van der Waals surface area contributed by atoms with E-state index in [9.17, 15) is 4.79 Å². The summed E-state index contributed by atoms with van der Waals surface area (Å²) in [6.45, 7) is 0. The molecular formula is C18H16ClN5O. The van der Waals surface area contributed by atoms with Crippen molar-refractivity contribution in [1.82, 2.24) is 25.1 Å². The zero-order chi connectivity index (χ0) is 17.8. The molecule has 0 atom stereocenters. The molecule has 6 nitrogen and oxygen atoms in total. The first kappa shape index (κ1) is 16.9. The third-order valence-electron chi connectivity index (χ3n) is 3.45. The van der Waals surface area contributed by atoms with E-state index in [1.807, 2.05) is 44.4 Å². The van der Waals surface area contributed by atoms with Crippen LogP contribution in [0.4, 0.5) is 0 Å². The summed E-state index contributed by atoms with van der Waals surface area (Å²) in [6.07, 6.45) is 1.71. The highest BCUT2D eigenvalue weighted by molar-refractivity contribution is 6.31. The smallest absolute Gasteiger partial charge is 0.198 e. The largest absolute Gasteiger partial charge is 0.383 e. The first-order chi connectivity index (χ1) is 12.1. The minimum absolute atomic E-state index is 0.183. The molecule has 3 rings (SSSR count). The number of nitrogens with zero attached hydrogens (tertiary/aromatic N) is 5. The molecular weight excluding hydrogens is 338 g/mol. The summed E-state index contributed by atoms with van der Waals surface area (Å²) in [4.78, 5) is 14.8. The maximum atomic E-state index is 13.0. The van der Waals surface area contributed by atoms with Crippen LogP contribution >= 0.6 is 11.6 Å². The van der Waals surface area contributed by atoms with Crippen molar-refractivity contribution in [3.05, 3.63) is 77.2 Å². The van der Waals surface area contributed by atoms with E-state index in [0.29, 0.717) is 22.0 Å². The summed E-state index contributed by atoms with van der Waals surface area (Å²) in [5.41, 5.74) is 1.68. The molecule has 2 aromatic carbocycles. The van der Waals surface area contributed by atoms with Crippen LogP contribution in [0.3, 0.4) is 0 Å². The fraction of sp³-hybridized carbons (Fsp3) is 0.111. The Morgan fingerprint density at radius 1 is 1.08 bits per heavy atom. The van der Waals surface area contributed by atoms with Gasteiger partial charge in [-0.2, -0.15) is 4.68 Å². The lowest BCUT2D eigenvalue weighted by atomic mass is 10.0. The Morgan fingerprint density at radius 3 is 2.40 bits per heavy atom. The molecule has 0 saturated carbocycles. The molecule has 7 heteroatoms. The van der Waals surface area contributed by atoms with Gasteiger partial charge in [-0.25, -0.2) is 0 Å². The molecule has 25 heavy (non-hydrogen) atoms. The molecule has 1 aromatic heterocycles. The number of tetrazole rings is 1. The number of benzene rings is 2. The molecule has 0 radical (unpaired) electrons. The minimum Gasteiger partial charge on any atom is -0.383 e. The van der Waals surface area contributed by atoms with Crippen LogP contribution in [-0.2, 0) is 0 Å². The van der Waals surface area contributed by atoms with Gasteiger partial charge in [0.2, 0.25) is 0 Å². The van der Waals surface area contributed by atoms with Gasteiger partial charge in [0.15, 0.2) is 11.6 Å². The normalized spacial score (nSPS) is 11.4. The van der Waals surface area contributed by atoms with Crippen LogP contribution in [0.5, 0.6) is 0 Å². The Kier molecular flexibility index (Phi) is 4.90. The van der Waals surface area contributed by atoms with Gasteiger partial charge in [-0.3, -0.25) is 4.79 Å². The molecule has 0 spiro atoms. The van der Waals surface area contributed by atoms with Crippen LogP contribution in [0.15, 0.2) is 60.8 Å². The van der Waals surface area contributed by atoms with Gasteiger partial charge in [0.05, 0.1) is 11.3 Å². The van der Waals surface area contributed by atoms with Crippen LogP contribution in [-0.4, -0.2) is 45.0 Å². The Morgan fingerprint density at radius 2 is 1.76 bits per heavy atom. The van der Waals surface area contributed by atoms with Crippen molar-refractivity contribution >= 4 is 23.0 Å². The molecule has 0 fully saturated rings. The zero-order valence-electron chi connectivity index (χ0n) is 13.8. The second-order valence-corrected chi connectivity index (χ2v) is 6.03. The molecule has 0 saturated heterocycles. The van der Waals surface area contributed by atoms with Crippen molar-refractivity contribution in [2.45, 2.75) is 0 Å². The summed E-state index contributed by atoms with van der Waals surface area (Å²) < 4.78 is 1.54. The van der Waals surface area contributed by atoms with Crippen molar-refractivity contribution in [2.75, 3.05) is 14.1 Å². The summed E-state index contributed by atoms with van der Waals surface area (Å²) in [5.74, 6) is 0.192. The van der Waals surface area contributed by atoms with Crippen molar-refractivity contribution in [1.29, 1.82) is 0 Å². The molecule has 0 aliphatic rings. The molecule has 1 heterocycles. The van der Waals surface area contributed by atoms with Gasteiger partial charge < -0.3 is 4.90 Å². The van der Waals surface area contributed by atoms with Crippen LogP contribution < -0.4 is 0 Å². The summed E-state index contributed by atoms with van der Waals surface area (Å²) >= 11 is 5.91. The van der Waals surface area contributed by atoms with Gasteiger partial charge in [0.25, 0.3) is 0 Å². The predicted molar refractivity (Wildman–Crippen MR) is 96.6 cm³/mol. The van der Waals surface area contributed by atoms with Gasteiger partial charge in [-0.05, 0) is 46.8 Å². The van der Waals surface area contributed by atoms with Crippen molar-refractivity contribution in [3.8, 4) is 5.69 Å². The standard InChI is InChI=1S/C18H16ClN5O/c1-23(2)12-16(17(25)13-8-10-14(19)11-9-13)18-20-21-22-24(18)15-6-4-3-5-7-15/h3-12H,1-2H3/b16-12-. The van der Waals surface area contributed by atoms with E-state index in [2.05, 4.69) is 15.5 Å². The highest BCUT2D eigenvalue weighted by Gasteiger charge is 2.22. The summed E-state index contributed by atoms with van der Waals surface area (Å²) in [6, 6.07) is 16.2. The number of aromatic nitrogens is 4. The van der Waals surface area contributed by atoms with Crippen LogP contribution in [0, 0.1) is 0 Å². The Balaban J connectivity index is 2.08. The average molecular weight is 354 g/mol. The molecule has 0 N–H and O–H groups in total. The molecule has 0 amide bonds. The molecule has 0 aliphatic heterocycles. The first-order valence-electron chi connectivity index (χ1n) is 7.59. The quantitative estimate of drug-likeness (QED) is 0.521. The average Bonchev–Trinajstić information content (AvgIpc) is 3.10. The van der Waals surface area contributed by atoms with Gasteiger partial charge in [-0.1, -0.05) is 29.8 Å². The highest BCUT2D eigenvalue weighted by Crippen LogP contribution is 2.21. The molecule has 0 aliphatic carbocycles. The summed E-state index contributed by atoms with van der Waals surface area (Å²) in [7, 11) is 3.68. The van der Waals surface area contributed by atoms with Gasteiger partial charge in [-0.15, -0.1) is 5.10 Å². The molecule has 126 valence electrons. The number of allylic oxidation sites excluding steroid dienone is 1. The van der Waals surface area contributed by atoms with Gasteiger partial charge in [0, 0.05) is 30.9 Å². The van der Waals surface area contributed by atoms with Crippen LogP contribution in [0.25, 0.3) is 11.3 Å². The predicted octanol–water partition coefficient (Wildman–Crippen LogP) is 3.10. The lowest BCUT2D eigenvalue weighted by Crippen LogP contribution is -2.13. The van der Waals surface area contributed by atoms with E-state index >= 15 is 0 Å². The van der Waals surface area contributed by atoms with Crippen molar-refractivity contribution in [2.24, 2.45) is 0 Å². The van der Waals surface area contributed by atoms with E-state index in [4.69, 9.17) is 11.6 Å². The van der Waals surface area contributed by atoms with E-state index in [-0.39, 0.29) is 5.78 Å². The Bertz CT molecular complexity index is 901. The van der Waals surface area contributed by atoms with Crippen molar-refractivity contribution < 1.29 is 4.79 Å². The number of carbonyl (C=O) groups is 1. The molecule has 0 unspecified atom stereocenters. The number of halogens is 1. The van der Waals surface area contributed by atoms with E-state index in [1.54, 1.807) is 40.0 Å². The monoisotopic (exact) mass is 353 g/mol. The maximum absolute atomic E-state index is 13.0. The van der Waals surface area contributed by atoms with E-state index < -0.39 is 0 Å². The fourth-order valence-corrected chi connectivity index (χ4v) is 2.46. The lowest BCUT2D eigenvalue weighted by molar-refractivity contribution is 0.105. The molecule has 3 aromatic rings. The number of para-hydroxylation sites is 1. The number of ketones is 1. The van der Waals surface area contributed by atoms with E-state index in [0.717, 1.165) is 5.69 Å². The number of carbonyl (C=O) groups excluding carboxylic acids is 1. The van der Waals surface area contributed by atoms with Gasteiger partial charge in [0.1, 0.15) is 0 Å². The zero-order valence-corrected chi connectivity index (χ0v) is 14.6. The number of Topliss-reactive ketones (excluding diaryl/α,β-unsaturated/α-hetero) is 1. The molecule has 0 bridgehead atoms. The fourth-order valence-electron chi connectivity index (χ4n) is 2.33. The number of hydrogen-bond acceptors (Lipinski definition) is 5. The Labute approximate surface area is 150 Å². The Hall–Kier alpha value is -2.99. The van der Waals surface area contributed by atoms with Crippen molar-refractivity contribution in [3.63, 3.8) is 0 Å². The third-order valence-corrected chi connectivity index (χ3v) is 3.70. The summed E-state index contributed by atoms with van der Waals surface area (Å²) in [5, 5.41) is 12.4. The number of hydrogen-bond donors (Lipinski definition) is 0. The lowest BCUT2D eigenvalue weighted by Gasteiger charge is -2.12. The topological polar surface area (TPSA) is 63.9 Å². The number of rotatable bonds is 5. The van der Waals surface area contributed by atoms with Crippen LogP contribution in [0.2, 0.25) is 5.02 Å². The van der Waals surface area contributed by atoms with E-state index in [1.165, 1.54) is 0 Å². The second kappa shape index (κ2) is 7.27. The SMILES string of the molecule is CN(C)/C=C(/C(=O)c1ccc(Cl)cc1)c1nnnn1-c1ccccc1. The minimum atomic E-state index is -0.183. The maximum Gasteiger partial charge on any atom is 0.198 e. The van der Waals surface area contributed by atoms with Gasteiger partial charge >= 0.3 is 0 Å². The van der Waals surface area contributed by atoms with Crippen LogP contribution in [0.1, 0.15) is 16.2 Å². The third kappa shape index (κ3) is 3.75.